The molecule has 0 saturated heterocycles. The molecule has 0 aliphatic carbocycles. The second kappa shape index (κ2) is 5.59. The van der Waals surface area contributed by atoms with Gasteiger partial charge in [0.05, 0.1) is 26.2 Å². The first-order chi connectivity index (χ1) is 5.24. The van der Waals surface area contributed by atoms with Gasteiger partial charge in [0.15, 0.2) is 0 Å². The monoisotopic (exact) mass is 158 g/mol. The Labute approximate surface area is 72.0 Å². The van der Waals surface area contributed by atoms with Crippen LogP contribution in [0.5, 0.6) is 0 Å². The third-order valence-corrected chi connectivity index (χ3v) is 3.00. The number of quaternary nitrogens is 1. The quantitative estimate of drug-likeness (QED) is 0.521. The minimum absolute atomic E-state index is 1.30. The van der Waals surface area contributed by atoms with Crippen LogP contribution in [0.25, 0.3) is 0 Å². The Morgan fingerprint density at radius 1 is 0.818 bits per heavy atom. The van der Waals surface area contributed by atoms with Gasteiger partial charge in [0, 0.05) is 0 Å². The molecule has 0 aromatic rings. The van der Waals surface area contributed by atoms with Crippen LogP contribution in [0.3, 0.4) is 0 Å². The van der Waals surface area contributed by atoms with Crippen molar-refractivity contribution in [1.82, 2.24) is 0 Å². The molecule has 0 N–H and O–H groups in total. The van der Waals surface area contributed by atoms with Crippen LogP contribution < -0.4 is 0 Å². The maximum absolute atomic E-state index is 2.31. The standard InChI is InChI=1S/C10H24N/c1-5-9-10-11(6-2,7-3)8-4/h5-10H2,1-4H3/q+1. The van der Waals surface area contributed by atoms with Gasteiger partial charge in [-0.1, -0.05) is 13.3 Å². The highest BCUT2D eigenvalue weighted by Gasteiger charge is 2.18. The first-order valence-corrected chi connectivity index (χ1v) is 5.09. The van der Waals surface area contributed by atoms with Crippen LogP contribution in [-0.2, 0) is 0 Å². The average molecular weight is 158 g/mol. The maximum Gasteiger partial charge on any atom is 0.0786 e. The Kier molecular flexibility index (Phi) is 5.57. The molecule has 0 fully saturated rings. The number of unbranched alkanes of at least 4 members (excludes halogenated alkanes) is 1. The predicted molar refractivity (Wildman–Crippen MR) is 51.7 cm³/mol. The summed E-state index contributed by atoms with van der Waals surface area (Å²) in [5, 5.41) is 0. The summed E-state index contributed by atoms with van der Waals surface area (Å²) in [6.45, 7) is 14.5. The molecule has 0 unspecified atom stereocenters. The van der Waals surface area contributed by atoms with E-state index in [4.69, 9.17) is 0 Å². The molecule has 0 aliphatic heterocycles. The Bertz CT molecular complexity index is 76.6. The molecule has 1 heteroatoms. The zero-order chi connectivity index (χ0) is 8.74. The molecule has 0 aliphatic rings. The lowest BCUT2D eigenvalue weighted by Crippen LogP contribution is -2.48. The van der Waals surface area contributed by atoms with E-state index in [1.807, 2.05) is 0 Å². The molecule has 0 heterocycles. The largest absolute Gasteiger partial charge is 0.324 e. The highest BCUT2D eigenvalue weighted by molar-refractivity contribution is 4.38. The summed E-state index contributed by atoms with van der Waals surface area (Å²) in [7, 11) is 0. The van der Waals surface area contributed by atoms with Gasteiger partial charge in [-0.15, -0.1) is 0 Å². The molecular formula is C10H24N+. The molecule has 0 bridgehead atoms. The van der Waals surface area contributed by atoms with E-state index in [0.29, 0.717) is 0 Å². The normalized spacial score (nSPS) is 12.0. The van der Waals surface area contributed by atoms with Gasteiger partial charge in [0.25, 0.3) is 0 Å². The van der Waals surface area contributed by atoms with Crippen molar-refractivity contribution >= 4 is 0 Å². The SMILES string of the molecule is CCCC[N+](CC)(CC)CC. The number of nitrogens with zero attached hydrogens (tertiary/aromatic N) is 1. The lowest BCUT2D eigenvalue weighted by atomic mass is 10.2. The molecule has 0 radical (unpaired) electrons. The average Bonchev–Trinajstić information content (AvgIpc) is 2.08. The van der Waals surface area contributed by atoms with Gasteiger partial charge in [0.1, 0.15) is 0 Å². The van der Waals surface area contributed by atoms with E-state index in [9.17, 15) is 0 Å². The Morgan fingerprint density at radius 3 is 1.55 bits per heavy atom. The van der Waals surface area contributed by atoms with Crippen molar-refractivity contribution in [2.24, 2.45) is 0 Å². The summed E-state index contributed by atoms with van der Waals surface area (Å²) in [5.74, 6) is 0. The highest BCUT2D eigenvalue weighted by atomic mass is 15.3. The lowest BCUT2D eigenvalue weighted by Gasteiger charge is -2.35. The first kappa shape index (κ1) is 11.0. The molecule has 0 spiro atoms. The van der Waals surface area contributed by atoms with Crippen molar-refractivity contribution in [2.45, 2.75) is 40.5 Å². The third kappa shape index (κ3) is 3.24. The van der Waals surface area contributed by atoms with Gasteiger partial charge in [-0.05, 0) is 27.2 Å². The van der Waals surface area contributed by atoms with E-state index in [0.717, 1.165) is 0 Å². The Hall–Kier alpha value is -0.0400. The summed E-state index contributed by atoms with van der Waals surface area (Å²) in [6, 6.07) is 0. The Balaban J connectivity index is 3.84. The van der Waals surface area contributed by atoms with Crippen molar-refractivity contribution in [3.63, 3.8) is 0 Å². The van der Waals surface area contributed by atoms with E-state index < -0.39 is 0 Å². The maximum atomic E-state index is 2.31. The van der Waals surface area contributed by atoms with Gasteiger partial charge >= 0.3 is 0 Å². The van der Waals surface area contributed by atoms with Crippen molar-refractivity contribution in [2.75, 3.05) is 26.2 Å². The number of rotatable bonds is 6. The van der Waals surface area contributed by atoms with Crippen LogP contribution in [0, 0.1) is 0 Å². The van der Waals surface area contributed by atoms with E-state index in [1.54, 1.807) is 0 Å². The number of hydrogen-bond acceptors (Lipinski definition) is 0. The minimum Gasteiger partial charge on any atom is -0.324 e. The molecule has 68 valence electrons. The molecule has 0 aromatic heterocycles. The molecule has 0 saturated carbocycles. The molecule has 0 aromatic carbocycles. The third-order valence-electron chi connectivity index (χ3n) is 3.00. The number of hydrogen-bond donors (Lipinski definition) is 0. The zero-order valence-corrected chi connectivity index (χ0v) is 8.69. The van der Waals surface area contributed by atoms with Crippen molar-refractivity contribution in [3.05, 3.63) is 0 Å². The van der Waals surface area contributed by atoms with Gasteiger partial charge in [-0.3, -0.25) is 0 Å². The van der Waals surface area contributed by atoms with Gasteiger partial charge in [-0.25, -0.2) is 0 Å². The fraction of sp³-hybridized carbons (Fsp3) is 1.00. The van der Waals surface area contributed by atoms with Crippen LogP contribution in [0.2, 0.25) is 0 Å². The fourth-order valence-corrected chi connectivity index (χ4v) is 1.64. The summed E-state index contributed by atoms with van der Waals surface area (Å²) in [5.41, 5.74) is 0. The summed E-state index contributed by atoms with van der Waals surface area (Å²) < 4.78 is 1.31. The second-order valence-corrected chi connectivity index (χ2v) is 3.37. The Morgan fingerprint density at radius 2 is 1.27 bits per heavy atom. The molecule has 0 rings (SSSR count). The smallest absolute Gasteiger partial charge is 0.0786 e. The zero-order valence-electron chi connectivity index (χ0n) is 8.69. The highest BCUT2D eigenvalue weighted by Crippen LogP contribution is 2.07. The minimum atomic E-state index is 1.30. The van der Waals surface area contributed by atoms with Crippen molar-refractivity contribution in [3.8, 4) is 0 Å². The first-order valence-electron chi connectivity index (χ1n) is 5.09. The van der Waals surface area contributed by atoms with Crippen LogP contribution in [0.4, 0.5) is 0 Å². The molecule has 11 heavy (non-hydrogen) atoms. The van der Waals surface area contributed by atoms with Crippen LogP contribution >= 0.6 is 0 Å². The van der Waals surface area contributed by atoms with E-state index in [2.05, 4.69) is 27.7 Å². The van der Waals surface area contributed by atoms with Crippen LogP contribution in [-0.4, -0.2) is 30.7 Å². The van der Waals surface area contributed by atoms with E-state index in [1.165, 1.54) is 43.5 Å². The van der Waals surface area contributed by atoms with Gasteiger partial charge < -0.3 is 4.48 Å². The topological polar surface area (TPSA) is 0 Å². The molecule has 0 atom stereocenters. The van der Waals surface area contributed by atoms with E-state index in [-0.39, 0.29) is 0 Å². The van der Waals surface area contributed by atoms with Crippen LogP contribution in [0.15, 0.2) is 0 Å². The lowest BCUT2D eigenvalue weighted by molar-refractivity contribution is -0.923. The van der Waals surface area contributed by atoms with E-state index >= 15 is 0 Å². The second-order valence-electron chi connectivity index (χ2n) is 3.37. The summed E-state index contributed by atoms with van der Waals surface area (Å²) >= 11 is 0. The van der Waals surface area contributed by atoms with Crippen molar-refractivity contribution in [1.29, 1.82) is 0 Å². The predicted octanol–water partition coefficient (Wildman–Crippen LogP) is 2.66. The van der Waals surface area contributed by atoms with Crippen molar-refractivity contribution < 1.29 is 4.48 Å². The summed E-state index contributed by atoms with van der Waals surface area (Å²) in [4.78, 5) is 0. The van der Waals surface area contributed by atoms with Gasteiger partial charge in [0.2, 0.25) is 0 Å². The molecule has 0 amide bonds. The molecular weight excluding hydrogens is 134 g/mol. The summed E-state index contributed by atoms with van der Waals surface area (Å²) in [6.07, 6.45) is 2.72. The fourth-order valence-electron chi connectivity index (χ4n) is 1.64. The van der Waals surface area contributed by atoms with Crippen LogP contribution in [0.1, 0.15) is 40.5 Å². The van der Waals surface area contributed by atoms with Gasteiger partial charge in [-0.2, -0.15) is 0 Å². The molecule has 1 nitrogen and oxygen atoms in total.